The van der Waals surface area contributed by atoms with Crippen LogP contribution in [0.5, 0.6) is 0 Å². The van der Waals surface area contributed by atoms with Gasteiger partial charge in [0.1, 0.15) is 24.1 Å². The van der Waals surface area contributed by atoms with Crippen LogP contribution in [-0.4, -0.2) is 102 Å². The second-order valence-electron chi connectivity index (χ2n) is 11.2. The van der Waals surface area contributed by atoms with E-state index in [1.54, 1.807) is 24.3 Å². The zero-order chi connectivity index (χ0) is 34.2. The van der Waals surface area contributed by atoms with Crippen LogP contribution in [0, 0.1) is 5.92 Å². The fourth-order valence-corrected chi connectivity index (χ4v) is 6.36. The topological polar surface area (TPSA) is 133 Å². The minimum atomic E-state index is -4.42. The maximum Gasteiger partial charge on any atom is 0.338 e. The summed E-state index contributed by atoms with van der Waals surface area (Å²) in [4.78, 5) is 40.2. The van der Waals surface area contributed by atoms with Gasteiger partial charge in [-0.05, 0) is 43.0 Å². The van der Waals surface area contributed by atoms with Crippen molar-refractivity contribution in [1.29, 1.82) is 0 Å². The monoisotopic (exact) mass is 634 g/mol. The standard InChI is InChI=1S/C30H32B6O9S/c1-16(15-46(40,41)42)43-28(37)19-6-22(44-29(38)24-4-17(9-31)2-20(11-33)26(24)13-35)8-23(7-19)45-30(39)25-5-18(10-32)3-21(12-34)27(25)14-36/h2-5,16,19,22-23H,6-15H2,1H3,(H,40,41,42). The maximum atomic E-state index is 13.5. The number of esters is 3. The molecule has 3 atom stereocenters. The van der Waals surface area contributed by atoms with Crippen molar-refractivity contribution < 1.29 is 41.6 Å². The Morgan fingerprint density at radius 1 is 0.739 bits per heavy atom. The van der Waals surface area contributed by atoms with Gasteiger partial charge in [0.2, 0.25) is 0 Å². The molecule has 2 aromatic rings. The molecule has 1 aliphatic carbocycles. The number of ether oxygens (including phenoxy) is 3. The Morgan fingerprint density at radius 2 is 1.17 bits per heavy atom. The number of hydrogen-bond acceptors (Lipinski definition) is 8. The molecule has 1 aliphatic rings. The molecule has 3 rings (SSSR count). The molecule has 0 heterocycles. The minimum absolute atomic E-state index is 0.00343. The Hall–Kier alpha value is -2.85. The van der Waals surface area contributed by atoms with E-state index in [0.29, 0.717) is 33.4 Å². The molecule has 12 radical (unpaired) electrons. The third-order valence-corrected chi connectivity index (χ3v) is 8.72. The summed E-state index contributed by atoms with van der Waals surface area (Å²) < 4.78 is 48.8. The van der Waals surface area contributed by atoms with Gasteiger partial charge in [-0.15, -0.1) is 0 Å². The Labute approximate surface area is 278 Å². The Bertz CT molecular complexity index is 1450. The maximum absolute atomic E-state index is 13.5. The third kappa shape index (κ3) is 9.83. The van der Waals surface area contributed by atoms with E-state index >= 15 is 0 Å². The Balaban J connectivity index is 1.93. The van der Waals surface area contributed by atoms with Crippen LogP contribution < -0.4 is 0 Å². The van der Waals surface area contributed by atoms with Gasteiger partial charge in [0.25, 0.3) is 10.1 Å². The summed E-state index contributed by atoms with van der Waals surface area (Å²) in [6.45, 7) is 1.31. The normalized spacial score (nSPS) is 18.8. The van der Waals surface area contributed by atoms with E-state index in [1.807, 2.05) is 0 Å². The van der Waals surface area contributed by atoms with Crippen LogP contribution >= 0.6 is 0 Å². The van der Waals surface area contributed by atoms with Crippen molar-refractivity contribution in [2.75, 3.05) is 5.75 Å². The number of hydrogen-bond donors (Lipinski definition) is 1. The summed E-state index contributed by atoms with van der Waals surface area (Å²) in [5.74, 6) is -4.05. The molecule has 0 spiro atoms. The molecular weight excluding hydrogens is 601 g/mol. The summed E-state index contributed by atoms with van der Waals surface area (Å²) in [7, 11) is 30.9. The number of benzene rings is 2. The lowest BCUT2D eigenvalue weighted by Gasteiger charge is -2.34. The van der Waals surface area contributed by atoms with E-state index in [1.165, 1.54) is 6.92 Å². The molecule has 1 saturated carbocycles. The highest BCUT2D eigenvalue weighted by Gasteiger charge is 2.39. The highest BCUT2D eigenvalue weighted by atomic mass is 32.2. The van der Waals surface area contributed by atoms with Gasteiger partial charge in [0.15, 0.2) is 0 Å². The van der Waals surface area contributed by atoms with E-state index < -0.39 is 58.0 Å². The summed E-state index contributed by atoms with van der Waals surface area (Å²) in [5.41, 5.74) is 3.87. The van der Waals surface area contributed by atoms with E-state index in [-0.39, 0.29) is 68.3 Å². The lowest BCUT2D eigenvalue weighted by Crippen LogP contribution is -2.40. The summed E-state index contributed by atoms with van der Waals surface area (Å²) in [6.07, 6.45) is -2.50. The summed E-state index contributed by atoms with van der Waals surface area (Å²) in [6, 6.07) is 6.67. The lowest BCUT2D eigenvalue weighted by molar-refractivity contribution is -0.157. The second kappa shape index (κ2) is 16.8. The van der Waals surface area contributed by atoms with Crippen LogP contribution in [0.25, 0.3) is 0 Å². The van der Waals surface area contributed by atoms with Gasteiger partial charge in [0.05, 0.1) is 64.1 Å². The largest absolute Gasteiger partial charge is 0.461 e. The number of carbonyl (C=O) groups is 3. The first-order chi connectivity index (χ1) is 21.8. The van der Waals surface area contributed by atoms with Crippen LogP contribution in [0.2, 0.25) is 0 Å². The number of carbonyl (C=O) groups excluding carboxylic acids is 3. The lowest BCUT2D eigenvalue weighted by atomic mass is 9.81. The van der Waals surface area contributed by atoms with Crippen molar-refractivity contribution in [1.82, 2.24) is 0 Å². The van der Waals surface area contributed by atoms with E-state index in [4.69, 9.17) is 65.8 Å². The summed E-state index contributed by atoms with van der Waals surface area (Å²) in [5, 5.41) is 0. The Kier molecular flexibility index (Phi) is 13.7. The van der Waals surface area contributed by atoms with Gasteiger partial charge in [-0.25, -0.2) is 9.59 Å². The average molecular weight is 634 g/mol. The molecule has 0 aliphatic heterocycles. The zero-order valence-corrected chi connectivity index (χ0v) is 26.6. The third-order valence-electron chi connectivity index (χ3n) is 7.83. The van der Waals surface area contributed by atoms with Crippen molar-refractivity contribution in [2.24, 2.45) is 5.92 Å². The molecule has 0 aromatic heterocycles. The minimum Gasteiger partial charge on any atom is -0.461 e. The molecule has 1 fully saturated rings. The van der Waals surface area contributed by atoms with Gasteiger partial charge in [0, 0.05) is 6.42 Å². The van der Waals surface area contributed by atoms with Crippen molar-refractivity contribution >= 4 is 75.1 Å². The number of rotatable bonds is 14. The van der Waals surface area contributed by atoms with Crippen LogP contribution in [0.15, 0.2) is 24.3 Å². The predicted molar refractivity (Wildman–Crippen MR) is 177 cm³/mol. The SMILES string of the molecule is [B]Cc1cc(C[B])c(C[B])c(C(=O)OC2CC(OC(=O)c3cc(C[B])cc(C[B])c3C[B])CC(C(=O)OC(C)CS(=O)(=O)O)C2)c1. The molecule has 3 unspecified atom stereocenters. The van der Waals surface area contributed by atoms with Gasteiger partial charge >= 0.3 is 17.9 Å². The second-order valence-corrected chi connectivity index (χ2v) is 12.7. The quantitative estimate of drug-likeness (QED) is 0.140. The van der Waals surface area contributed by atoms with Crippen molar-refractivity contribution in [3.63, 3.8) is 0 Å². The first-order valence-electron chi connectivity index (χ1n) is 14.8. The average Bonchev–Trinajstić information content (AvgIpc) is 3.01. The van der Waals surface area contributed by atoms with E-state index in [0.717, 1.165) is 0 Å². The van der Waals surface area contributed by atoms with E-state index in [9.17, 15) is 22.8 Å². The van der Waals surface area contributed by atoms with Gasteiger partial charge in [-0.2, -0.15) is 8.42 Å². The Morgan fingerprint density at radius 3 is 1.52 bits per heavy atom. The van der Waals surface area contributed by atoms with Crippen LogP contribution in [0.1, 0.15) is 80.3 Å². The van der Waals surface area contributed by atoms with Gasteiger partial charge < -0.3 is 14.2 Å². The first-order valence-corrected chi connectivity index (χ1v) is 16.4. The molecule has 230 valence electrons. The fraction of sp³-hybridized carbons (Fsp3) is 0.500. The molecule has 1 N–H and O–H groups in total. The van der Waals surface area contributed by atoms with E-state index in [2.05, 4.69) is 0 Å². The molecule has 0 saturated heterocycles. The molecule has 9 nitrogen and oxygen atoms in total. The molecular formula is C30H32B6O9S. The van der Waals surface area contributed by atoms with Crippen LogP contribution in [-0.2, 0) is 67.0 Å². The molecule has 46 heavy (non-hydrogen) atoms. The van der Waals surface area contributed by atoms with Crippen molar-refractivity contribution in [3.8, 4) is 0 Å². The zero-order valence-electron chi connectivity index (χ0n) is 25.8. The molecule has 2 aromatic carbocycles. The highest BCUT2D eigenvalue weighted by molar-refractivity contribution is 7.85. The van der Waals surface area contributed by atoms with Gasteiger partial charge in [-0.1, -0.05) is 72.3 Å². The van der Waals surface area contributed by atoms with Crippen molar-refractivity contribution in [2.45, 2.75) is 82.4 Å². The smallest absolute Gasteiger partial charge is 0.338 e. The van der Waals surface area contributed by atoms with Crippen LogP contribution in [0.3, 0.4) is 0 Å². The van der Waals surface area contributed by atoms with Crippen molar-refractivity contribution in [3.05, 3.63) is 68.8 Å². The predicted octanol–water partition coefficient (Wildman–Crippen LogP) is 1.07. The summed E-state index contributed by atoms with van der Waals surface area (Å²) >= 11 is 0. The van der Waals surface area contributed by atoms with Gasteiger partial charge in [-0.3, -0.25) is 9.35 Å². The molecule has 0 amide bonds. The molecule has 16 heteroatoms. The first kappa shape index (κ1) is 37.6. The van der Waals surface area contributed by atoms with Crippen LogP contribution in [0.4, 0.5) is 0 Å². The highest BCUT2D eigenvalue weighted by Crippen LogP contribution is 2.33. The molecule has 0 bridgehead atoms. The fourth-order valence-electron chi connectivity index (χ4n) is 5.70.